The normalized spacial score (nSPS) is 20.5. The molecule has 0 spiro atoms. The standard InChI is InChI=1S/C25H26Cl2FN3O4/c26-17-2-1-3-19(12-17)31-11-10-30(14-24(31)33)25(34)16-4-6-18(7-5-16)29-23(32)15-35-20-8-9-21(27)22(28)13-20/h1-3,8-9,12-13,16,18H,4-7,10-11,14-15H2,(H,29,32)/t16-,18-. The number of halogens is 3. The second-order valence-corrected chi connectivity index (χ2v) is 9.61. The molecule has 10 heteroatoms. The number of amides is 3. The van der Waals surface area contributed by atoms with E-state index in [1.54, 1.807) is 28.0 Å². The molecule has 0 radical (unpaired) electrons. The van der Waals surface area contributed by atoms with Crippen LogP contribution in [0.2, 0.25) is 10.0 Å². The third-order valence-corrected chi connectivity index (χ3v) is 6.90. The highest BCUT2D eigenvalue weighted by atomic mass is 35.5. The monoisotopic (exact) mass is 521 g/mol. The quantitative estimate of drug-likeness (QED) is 0.621. The van der Waals surface area contributed by atoms with E-state index >= 15 is 0 Å². The molecule has 35 heavy (non-hydrogen) atoms. The van der Waals surface area contributed by atoms with Crippen molar-refractivity contribution in [2.24, 2.45) is 5.92 Å². The van der Waals surface area contributed by atoms with Crippen molar-refractivity contribution in [1.29, 1.82) is 0 Å². The molecule has 0 unspecified atom stereocenters. The largest absolute Gasteiger partial charge is 0.484 e. The van der Waals surface area contributed by atoms with Gasteiger partial charge in [0.05, 0.1) is 5.02 Å². The number of benzene rings is 2. The summed E-state index contributed by atoms with van der Waals surface area (Å²) in [4.78, 5) is 41.2. The van der Waals surface area contributed by atoms with Crippen LogP contribution in [0.25, 0.3) is 0 Å². The molecular weight excluding hydrogens is 496 g/mol. The number of hydrogen-bond donors (Lipinski definition) is 1. The van der Waals surface area contributed by atoms with Crippen molar-refractivity contribution >= 4 is 46.6 Å². The summed E-state index contributed by atoms with van der Waals surface area (Å²) in [6.07, 6.45) is 2.59. The molecule has 2 aromatic carbocycles. The zero-order valence-corrected chi connectivity index (χ0v) is 20.5. The van der Waals surface area contributed by atoms with Gasteiger partial charge in [-0.05, 0) is 56.0 Å². The van der Waals surface area contributed by atoms with Crippen LogP contribution < -0.4 is 15.0 Å². The van der Waals surface area contributed by atoms with Crippen LogP contribution in [0.15, 0.2) is 42.5 Å². The Balaban J connectivity index is 1.20. The summed E-state index contributed by atoms with van der Waals surface area (Å²) in [6.45, 7) is 0.702. The van der Waals surface area contributed by atoms with Gasteiger partial charge in [-0.1, -0.05) is 29.3 Å². The molecule has 1 N–H and O–H groups in total. The van der Waals surface area contributed by atoms with Crippen LogP contribution in [-0.2, 0) is 14.4 Å². The van der Waals surface area contributed by atoms with Gasteiger partial charge >= 0.3 is 0 Å². The molecule has 186 valence electrons. The molecular formula is C25H26Cl2FN3O4. The number of hydrogen-bond acceptors (Lipinski definition) is 4. The molecule has 1 aliphatic heterocycles. The number of piperazine rings is 1. The van der Waals surface area contributed by atoms with Gasteiger partial charge in [0.1, 0.15) is 18.1 Å². The van der Waals surface area contributed by atoms with Crippen LogP contribution in [0.1, 0.15) is 25.7 Å². The first-order chi connectivity index (χ1) is 16.8. The zero-order chi connectivity index (χ0) is 24.9. The van der Waals surface area contributed by atoms with Gasteiger partial charge in [0, 0.05) is 41.8 Å². The Morgan fingerprint density at radius 3 is 2.51 bits per heavy atom. The molecule has 0 bridgehead atoms. The van der Waals surface area contributed by atoms with Crippen molar-refractivity contribution in [1.82, 2.24) is 10.2 Å². The molecule has 4 rings (SSSR count). The van der Waals surface area contributed by atoms with E-state index in [1.807, 2.05) is 6.07 Å². The highest BCUT2D eigenvalue weighted by Crippen LogP contribution is 2.28. The van der Waals surface area contributed by atoms with Crippen molar-refractivity contribution in [3.63, 3.8) is 0 Å². The van der Waals surface area contributed by atoms with Crippen LogP contribution in [0, 0.1) is 11.7 Å². The Bertz CT molecular complexity index is 1110. The lowest BCUT2D eigenvalue weighted by Crippen LogP contribution is -2.54. The topological polar surface area (TPSA) is 79.0 Å². The maximum absolute atomic E-state index is 13.5. The minimum atomic E-state index is -0.611. The fourth-order valence-electron chi connectivity index (χ4n) is 4.51. The van der Waals surface area contributed by atoms with Gasteiger partial charge in [0.2, 0.25) is 11.8 Å². The SMILES string of the molecule is O=C(COc1ccc(Cl)c(F)c1)N[C@H]1CC[C@H](C(=O)N2CCN(c3cccc(Cl)c3)C(=O)C2)CC1. The Labute approximate surface area is 213 Å². The minimum Gasteiger partial charge on any atom is -0.484 e. The number of anilines is 1. The lowest BCUT2D eigenvalue weighted by molar-refractivity contribution is -0.141. The average Bonchev–Trinajstić information content (AvgIpc) is 2.85. The Morgan fingerprint density at radius 1 is 1.06 bits per heavy atom. The van der Waals surface area contributed by atoms with E-state index in [-0.39, 0.29) is 53.6 Å². The van der Waals surface area contributed by atoms with Crippen LogP contribution >= 0.6 is 23.2 Å². The Morgan fingerprint density at radius 2 is 1.83 bits per heavy atom. The first-order valence-corrected chi connectivity index (χ1v) is 12.3. The predicted molar refractivity (Wildman–Crippen MR) is 131 cm³/mol. The second-order valence-electron chi connectivity index (χ2n) is 8.77. The number of carbonyl (C=O) groups is 3. The summed E-state index contributed by atoms with van der Waals surface area (Å²) in [6, 6.07) is 11.1. The first-order valence-electron chi connectivity index (χ1n) is 11.5. The van der Waals surface area contributed by atoms with Crippen LogP contribution in [0.5, 0.6) is 5.75 Å². The molecule has 7 nitrogen and oxygen atoms in total. The van der Waals surface area contributed by atoms with Gasteiger partial charge in [-0.2, -0.15) is 0 Å². The molecule has 1 saturated heterocycles. The molecule has 2 aromatic rings. The van der Waals surface area contributed by atoms with E-state index in [4.69, 9.17) is 27.9 Å². The highest BCUT2D eigenvalue weighted by molar-refractivity contribution is 6.31. The van der Waals surface area contributed by atoms with Crippen molar-refractivity contribution in [2.45, 2.75) is 31.7 Å². The number of nitrogens with zero attached hydrogens (tertiary/aromatic N) is 2. The summed E-state index contributed by atoms with van der Waals surface area (Å²) in [5.41, 5.74) is 0.732. The average molecular weight is 522 g/mol. The summed E-state index contributed by atoms with van der Waals surface area (Å²) in [5.74, 6) is -1.00. The van der Waals surface area contributed by atoms with Crippen LogP contribution in [-0.4, -0.2) is 54.9 Å². The lowest BCUT2D eigenvalue weighted by Gasteiger charge is -2.37. The van der Waals surface area contributed by atoms with Gasteiger partial charge in [0.15, 0.2) is 6.61 Å². The smallest absolute Gasteiger partial charge is 0.258 e. The molecule has 2 aliphatic rings. The van der Waals surface area contributed by atoms with Gasteiger partial charge < -0.3 is 19.9 Å². The van der Waals surface area contributed by atoms with E-state index in [1.165, 1.54) is 12.1 Å². The second kappa shape index (κ2) is 11.3. The summed E-state index contributed by atoms with van der Waals surface area (Å²) in [5, 5.41) is 3.45. The number of ether oxygens (including phenoxy) is 1. The Hall–Kier alpha value is -2.84. The number of carbonyl (C=O) groups excluding carboxylic acids is 3. The molecule has 1 aliphatic carbocycles. The fraction of sp³-hybridized carbons (Fsp3) is 0.400. The van der Waals surface area contributed by atoms with E-state index in [2.05, 4.69) is 5.32 Å². The van der Waals surface area contributed by atoms with Gasteiger partial charge in [0.25, 0.3) is 5.91 Å². The van der Waals surface area contributed by atoms with Crippen molar-refractivity contribution in [3.8, 4) is 5.75 Å². The molecule has 2 fully saturated rings. The minimum absolute atomic E-state index is 0.0121. The molecule has 3 amide bonds. The fourth-order valence-corrected chi connectivity index (χ4v) is 4.81. The third-order valence-electron chi connectivity index (χ3n) is 6.35. The number of nitrogens with one attached hydrogen (secondary N) is 1. The third kappa shape index (κ3) is 6.44. The van der Waals surface area contributed by atoms with E-state index in [0.717, 1.165) is 11.8 Å². The van der Waals surface area contributed by atoms with E-state index in [9.17, 15) is 18.8 Å². The summed E-state index contributed by atoms with van der Waals surface area (Å²) < 4.78 is 18.8. The lowest BCUT2D eigenvalue weighted by atomic mass is 9.85. The molecule has 1 saturated carbocycles. The van der Waals surface area contributed by atoms with E-state index < -0.39 is 5.82 Å². The van der Waals surface area contributed by atoms with E-state index in [0.29, 0.717) is 43.8 Å². The molecule has 1 heterocycles. The highest BCUT2D eigenvalue weighted by Gasteiger charge is 2.34. The van der Waals surface area contributed by atoms with Gasteiger partial charge in [-0.15, -0.1) is 0 Å². The molecule has 0 atom stereocenters. The first kappa shape index (κ1) is 25.3. The Kier molecular flexibility index (Phi) is 8.13. The van der Waals surface area contributed by atoms with Gasteiger partial charge in [-0.25, -0.2) is 4.39 Å². The van der Waals surface area contributed by atoms with Crippen LogP contribution in [0.4, 0.5) is 10.1 Å². The van der Waals surface area contributed by atoms with Crippen molar-refractivity contribution in [2.75, 3.05) is 31.1 Å². The van der Waals surface area contributed by atoms with Crippen LogP contribution in [0.3, 0.4) is 0 Å². The van der Waals surface area contributed by atoms with Gasteiger partial charge in [-0.3, -0.25) is 14.4 Å². The predicted octanol–water partition coefficient (Wildman–Crippen LogP) is 4.06. The van der Waals surface area contributed by atoms with Crippen molar-refractivity contribution < 1.29 is 23.5 Å². The zero-order valence-electron chi connectivity index (χ0n) is 19.0. The van der Waals surface area contributed by atoms with Crippen molar-refractivity contribution in [3.05, 3.63) is 58.3 Å². The summed E-state index contributed by atoms with van der Waals surface area (Å²) >= 11 is 11.7. The maximum Gasteiger partial charge on any atom is 0.258 e. The number of rotatable bonds is 6. The maximum atomic E-state index is 13.5. The summed E-state index contributed by atoms with van der Waals surface area (Å²) in [7, 11) is 0. The molecule has 0 aromatic heterocycles.